The van der Waals surface area contributed by atoms with E-state index in [0.29, 0.717) is 24.9 Å². The van der Waals surface area contributed by atoms with Crippen LogP contribution in [0.3, 0.4) is 0 Å². The average molecular weight is 699 g/mol. The molecule has 1 aliphatic rings. The molecular formula is C43H63FN6O. The number of amides is 1. The topological polar surface area (TPSA) is 91.0 Å². The second-order valence-corrected chi connectivity index (χ2v) is 12.1. The number of aromatic nitrogens is 2. The van der Waals surface area contributed by atoms with E-state index in [2.05, 4.69) is 77.9 Å². The second-order valence-electron chi connectivity index (χ2n) is 12.1. The highest BCUT2D eigenvalue weighted by Gasteiger charge is 2.22. The number of pyridine rings is 2. The lowest BCUT2D eigenvalue weighted by atomic mass is 9.91. The fourth-order valence-electron chi connectivity index (χ4n) is 5.07. The van der Waals surface area contributed by atoms with Gasteiger partial charge < -0.3 is 21.3 Å². The summed E-state index contributed by atoms with van der Waals surface area (Å²) >= 11 is 0. The van der Waals surface area contributed by atoms with Crippen LogP contribution in [0.25, 0.3) is 28.2 Å². The fraction of sp³-hybridized carbons (Fsp3) is 0.419. The minimum atomic E-state index is -0.213. The summed E-state index contributed by atoms with van der Waals surface area (Å²) in [5, 5.41) is 13.5. The predicted molar refractivity (Wildman–Crippen MR) is 219 cm³/mol. The van der Waals surface area contributed by atoms with Crippen molar-refractivity contribution in [3.63, 3.8) is 0 Å². The number of nitrogens with one attached hydrogen (secondary N) is 4. The summed E-state index contributed by atoms with van der Waals surface area (Å²) in [5.41, 5.74) is 10.1. The summed E-state index contributed by atoms with van der Waals surface area (Å²) in [5.74, 6) is 0.283. The van der Waals surface area contributed by atoms with E-state index in [0.717, 1.165) is 65.3 Å². The number of rotatable bonds is 14. The molecule has 2 aromatic carbocycles. The highest BCUT2D eigenvalue weighted by atomic mass is 19.1. The molecule has 2 aromatic heterocycles. The second kappa shape index (κ2) is 24.6. The summed E-state index contributed by atoms with van der Waals surface area (Å²) in [4.78, 5) is 19.0. The van der Waals surface area contributed by atoms with Gasteiger partial charge in [-0.1, -0.05) is 59.9 Å². The lowest BCUT2D eigenvalue weighted by Gasteiger charge is -2.18. The Balaban J connectivity index is 0.000000395. The van der Waals surface area contributed by atoms with Gasteiger partial charge in [-0.2, -0.15) is 0 Å². The van der Waals surface area contributed by atoms with Crippen LogP contribution in [-0.4, -0.2) is 49.1 Å². The van der Waals surface area contributed by atoms with E-state index in [4.69, 9.17) is 4.98 Å². The molecule has 1 saturated carbocycles. The van der Waals surface area contributed by atoms with E-state index in [1.54, 1.807) is 0 Å². The van der Waals surface area contributed by atoms with Crippen LogP contribution in [0.5, 0.6) is 0 Å². The lowest BCUT2D eigenvalue weighted by molar-refractivity contribution is -0.109. The number of likely N-dealkylation sites (N-methyl/N-ethyl adjacent to an activating group) is 1. The van der Waals surface area contributed by atoms with Gasteiger partial charge in [0.25, 0.3) is 0 Å². The van der Waals surface area contributed by atoms with Gasteiger partial charge in [0.2, 0.25) is 6.41 Å². The third kappa shape index (κ3) is 15.1. The summed E-state index contributed by atoms with van der Waals surface area (Å²) in [6, 6.07) is 17.8. The molecule has 1 amide bonds. The van der Waals surface area contributed by atoms with Crippen LogP contribution in [-0.2, 0) is 11.2 Å². The number of fused-ring (bicyclic) bond motifs is 1. The molecule has 51 heavy (non-hydrogen) atoms. The Bertz CT molecular complexity index is 1630. The molecule has 5 rings (SSSR count). The van der Waals surface area contributed by atoms with E-state index < -0.39 is 0 Å². The SMILES string of the molecule is C.C/C=C(/C)NCCNC=O.C=Cc1cc(NC2CC2)c2ncccc2c1.CC.CCC(C)c1cc(CCNC)nc(-c2ccc(F)cc2)c1C. The highest BCUT2D eigenvalue weighted by molar-refractivity contribution is 5.92. The van der Waals surface area contributed by atoms with Crippen molar-refractivity contribution in [1.29, 1.82) is 0 Å². The maximum absolute atomic E-state index is 13.2. The van der Waals surface area contributed by atoms with Crippen LogP contribution in [0, 0.1) is 12.7 Å². The van der Waals surface area contributed by atoms with E-state index in [-0.39, 0.29) is 13.2 Å². The zero-order valence-corrected chi connectivity index (χ0v) is 31.5. The van der Waals surface area contributed by atoms with Crippen molar-refractivity contribution in [3.8, 4) is 11.3 Å². The van der Waals surface area contributed by atoms with Crippen LogP contribution >= 0.6 is 0 Å². The van der Waals surface area contributed by atoms with Gasteiger partial charge in [-0.15, -0.1) is 0 Å². The van der Waals surface area contributed by atoms with Crippen molar-refractivity contribution < 1.29 is 9.18 Å². The number of carbonyl (C=O) groups excluding carboxylic acids is 1. The molecule has 0 aliphatic heterocycles. The monoisotopic (exact) mass is 699 g/mol. The first-order chi connectivity index (χ1) is 24.2. The van der Waals surface area contributed by atoms with E-state index in [1.807, 2.05) is 71.3 Å². The van der Waals surface area contributed by atoms with Crippen LogP contribution in [0.4, 0.5) is 10.1 Å². The Morgan fingerprint density at radius 2 is 1.78 bits per heavy atom. The van der Waals surface area contributed by atoms with Gasteiger partial charge in [-0.05, 0) is 118 Å². The summed E-state index contributed by atoms with van der Waals surface area (Å²) in [7, 11) is 1.95. The van der Waals surface area contributed by atoms with Crippen LogP contribution < -0.4 is 21.3 Å². The highest BCUT2D eigenvalue weighted by Crippen LogP contribution is 2.31. The van der Waals surface area contributed by atoms with Gasteiger partial charge in [0.1, 0.15) is 5.82 Å². The van der Waals surface area contributed by atoms with Crippen molar-refractivity contribution in [2.45, 2.75) is 93.5 Å². The normalized spacial score (nSPS) is 12.3. The lowest BCUT2D eigenvalue weighted by Crippen LogP contribution is -2.25. The Hall–Kier alpha value is -4.56. The largest absolute Gasteiger partial charge is 0.387 e. The van der Waals surface area contributed by atoms with Gasteiger partial charge in [0, 0.05) is 60.6 Å². The average Bonchev–Trinajstić information content (AvgIpc) is 3.98. The molecule has 4 N–H and O–H groups in total. The number of anilines is 1. The smallest absolute Gasteiger partial charge is 0.207 e. The van der Waals surface area contributed by atoms with Crippen molar-refractivity contribution >= 4 is 29.1 Å². The summed E-state index contributed by atoms with van der Waals surface area (Å²) in [6.45, 7) is 20.7. The number of allylic oxidation sites excluding steroid dienone is 2. The van der Waals surface area contributed by atoms with Gasteiger partial charge in [-0.25, -0.2) is 4.39 Å². The van der Waals surface area contributed by atoms with E-state index in [1.165, 1.54) is 41.5 Å². The molecule has 1 aliphatic carbocycles. The molecule has 0 bridgehead atoms. The van der Waals surface area contributed by atoms with Crippen molar-refractivity contribution in [2.24, 2.45) is 0 Å². The molecule has 1 atom stereocenters. The number of carbonyl (C=O) groups is 1. The molecule has 0 spiro atoms. The number of hydrogen-bond donors (Lipinski definition) is 4. The predicted octanol–water partition coefficient (Wildman–Crippen LogP) is 9.83. The van der Waals surface area contributed by atoms with Crippen LogP contribution in [0.15, 0.2) is 79.1 Å². The van der Waals surface area contributed by atoms with Gasteiger partial charge in [0.15, 0.2) is 0 Å². The summed E-state index contributed by atoms with van der Waals surface area (Å²) < 4.78 is 13.2. The Morgan fingerprint density at radius 3 is 2.37 bits per heavy atom. The zero-order valence-electron chi connectivity index (χ0n) is 31.5. The third-order valence-corrected chi connectivity index (χ3v) is 8.35. The van der Waals surface area contributed by atoms with E-state index >= 15 is 0 Å². The quantitative estimate of drug-likeness (QED) is 0.0775. The Kier molecular flexibility index (Phi) is 21.4. The number of halogens is 1. The number of nitrogens with zero attached hydrogens (tertiary/aromatic N) is 2. The van der Waals surface area contributed by atoms with Crippen LogP contribution in [0.2, 0.25) is 0 Å². The molecule has 1 fully saturated rings. The van der Waals surface area contributed by atoms with Crippen molar-refractivity contribution in [3.05, 3.63) is 107 Å². The first kappa shape index (κ1) is 44.5. The number of benzene rings is 2. The molecule has 4 aromatic rings. The first-order valence-corrected chi connectivity index (χ1v) is 18.0. The van der Waals surface area contributed by atoms with Crippen molar-refractivity contribution in [1.82, 2.24) is 25.9 Å². The van der Waals surface area contributed by atoms with Crippen LogP contribution in [0.1, 0.15) is 96.5 Å². The minimum Gasteiger partial charge on any atom is -0.387 e. The molecule has 1 unspecified atom stereocenters. The standard InChI is InChI=1S/C19H25FN2.C14H14N2.C7H14N2O.C2H6.CH4/c1-5-13(2)18-12-17(10-11-21-4)22-19(14(18)3)15-6-8-16(20)9-7-15;1-2-10-8-11-4-3-7-15-14(11)13(9-10)16-12-5-6-12;1-3-7(2)9-5-4-8-6-10;1-2;/h6-9,12-13,21H,5,10-11H2,1-4H3;2-4,7-9,12,16H,1,5-6H2;3,6,9H,4-5H2,1-2H3,(H,8,10);1-2H3;1H4/b;;7-3-;;. The fourth-order valence-corrected chi connectivity index (χ4v) is 5.07. The number of hydrogen-bond acceptors (Lipinski definition) is 6. The third-order valence-electron chi connectivity index (χ3n) is 8.35. The maximum Gasteiger partial charge on any atom is 0.207 e. The van der Waals surface area contributed by atoms with Gasteiger partial charge in [0.05, 0.1) is 16.9 Å². The molecule has 0 saturated heterocycles. The molecule has 278 valence electrons. The Morgan fingerprint density at radius 1 is 1.08 bits per heavy atom. The molecule has 8 heteroatoms. The minimum absolute atomic E-state index is 0. The molecule has 0 radical (unpaired) electrons. The molecular weight excluding hydrogens is 636 g/mol. The molecule has 2 heterocycles. The summed E-state index contributed by atoms with van der Waals surface area (Å²) in [6.07, 6.45) is 10.9. The Labute approximate surface area is 307 Å². The first-order valence-electron chi connectivity index (χ1n) is 18.0. The van der Waals surface area contributed by atoms with E-state index in [9.17, 15) is 9.18 Å². The maximum atomic E-state index is 13.2. The van der Waals surface area contributed by atoms with Gasteiger partial charge >= 0.3 is 0 Å². The zero-order chi connectivity index (χ0) is 36.9. The van der Waals surface area contributed by atoms with Crippen molar-refractivity contribution in [2.75, 3.05) is 32.0 Å². The molecule has 7 nitrogen and oxygen atoms in total. The van der Waals surface area contributed by atoms with Gasteiger partial charge in [-0.3, -0.25) is 14.8 Å².